The number of hydrogen-bond donors (Lipinski definition) is 2. The first-order chi connectivity index (χ1) is 14.1. The standard InChI is InChI=1S/C22H20N4O3/c1-15-24-18-9-4-5-10-19(18)26(15)13-12-23-21(27)16-7-2-3-8-17(16)25-22(28)20-11-6-14-29-20/h2-11,14H,12-13H2,1H3,(H,23,27)(H,25,28). The summed E-state index contributed by atoms with van der Waals surface area (Å²) < 4.78 is 7.17. The normalized spacial score (nSPS) is 10.8. The van der Waals surface area contributed by atoms with Crippen LogP contribution in [0.25, 0.3) is 11.0 Å². The molecule has 7 heteroatoms. The van der Waals surface area contributed by atoms with E-state index in [1.54, 1.807) is 36.4 Å². The highest BCUT2D eigenvalue weighted by molar-refractivity contribution is 6.07. The van der Waals surface area contributed by atoms with Gasteiger partial charge in [-0.1, -0.05) is 24.3 Å². The third-order valence-corrected chi connectivity index (χ3v) is 4.63. The number of nitrogens with one attached hydrogen (secondary N) is 2. The lowest BCUT2D eigenvalue weighted by atomic mass is 10.1. The molecule has 0 aliphatic rings. The molecule has 0 unspecified atom stereocenters. The fraction of sp³-hybridized carbons (Fsp3) is 0.136. The Balaban J connectivity index is 1.44. The number of furan rings is 1. The maximum Gasteiger partial charge on any atom is 0.291 e. The molecule has 0 spiro atoms. The van der Waals surface area contributed by atoms with E-state index in [0.29, 0.717) is 24.3 Å². The average Bonchev–Trinajstić information content (AvgIpc) is 3.37. The van der Waals surface area contributed by atoms with Gasteiger partial charge in [0.25, 0.3) is 11.8 Å². The van der Waals surface area contributed by atoms with Gasteiger partial charge in [0.15, 0.2) is 5.76 Å². The summed E-state index contributed by atoms with van der Waals surface area (Å²) in [6, 6.07) is 18.0. The zero-order valence-corrected chi connectivity index (χ0v) is 15.9. The fourth-order valence-corrected chi connectivity index (χ4v) is 3.24. The molecular formula is C22H20N4O3. The number of anilines is 1. The zero-order valence-electron chi connectivity index (χ0n) is 15.9. The predicted molar refractivity (Wildman–Crippen MR) is 110 cm³/mol. The molecule has 146 valence electrons. The molecule has 4 rings (SSSR count). The molecule has 2 aromatic carbocycles. The Morgan fingerprint density at radius 1 is 1.00 bits per heavy atom. The Morgan fingerprint density at radius 3 is 2.62 bits per heavy atom. The Labute approximate surface area is 167 Å². The van der Waals surface area contributed by atoms with Crippen LogP contribution in [-0.2, 0) is 6.54 Å². The Bertz CT molecular complexity index is 1160. The van der Waals surface area contributed by atoms with Crippen molar-refractivity contribution in [3.63, 3.8) is 0 Å². The van der Waals surface area contributed by atoms with Crippen molar-refractivity contribution >= 4 is 28.5 Å². The van der Waals surface area contributed by atoms with Gasteiger partial charge in [0.1, 0.15) is 5.82 Å². The topological polar surface area (TPSA) is 89.2 Å². The van der Waals surface area contributed by atoms with E-state index in [2.05, 4.69) is 20.2 Å². The highest BCUT2D eigenvalue weighted by Crippen LogP contribution is 2.17. The number of carbonyl (C=O) groups excluding carboxylic acids is 2. The van der Waals surface area contributed by atoms with Crippen molar-refractivity contribution in [3.8, 4) is 0 Å². The third kappa shape index (κ3) is 3.89. The number of carbonyl (C=O) groups is 2. The van der Waals surface area contributed by atoms with E-state index < -0.39 is 5.91 Å². The average molecular weight is 388 g/mol. The summed E-state index contributed by atoms with van der Waals surface area (Å²) in [6.45, 7) is 2.97. The second-order valence-electron chi connectivity index (χ2n) is 6.53. The largest absolute Gasteiger partial charge is 0.459 e. The second-order valence-corrected chi connectivity index (χ2v) is 6.53. The molecule has 0 aliphatic carbocycles. The Kier molecular flexibility index (Phi) is 5.11. The molecule has 29 heavy (non-hydrogen) atoms. The highest BCUT2D eigenvalue weighted by atomic mass is 16.3. The number of hydrogen-bond acceptors (Lipinski definition) is 4. The third-order valence-electron chi connectivity index (χ3n) is 4.63. The van der Waals surface area contributed by atoms with Crippen molar-refractivity contribution in [1.82, 2.24) is 14.9 Å². The number of para-hydroxylation sites is 3. The van der Waals surface area contributed by atoms with Gasteiger partial charge in [-0.2, -0.15) is 0 Å². The molecule has 2 aromatic heterocycles. The predicted octanol–water partition coefficient (Wildman–Crippen LogP) is 3.62. The van der Waals surface area contributed by atoms with Crippen LogP contribution in [0.4, 0.5) is 5.69 Å². The molecule has 0 aliphatic heterocycles. The first-order valence-electron chi connectivity index (χ1n) is 9.27. The van der Waals surface area contributed by atoms with Gasteiger partial charge in [0.05, 0.1) is 28.5 Å². The lowest BCUT2D eigenvalue weighted by Crippen LogP contribution is -2.28. The number of fused-ring (bicyclic) bond motifs is 1. The molecule has 2 heterocycles. The van der Waals surface area contributed by atoms with Gasteiger partial charge in [-0.15, -0.1) is 0 Å². The molecule has 2 N–H and O–H groups in total. The van der Waals surface area contributed by atoms with Gasteiger partial charge in [-0.25, -0.2) is 4.98 Å². The van der Waals surface area contributed by atoms with Crippen LogP contribution in [0.15, 0.2) is 71.3 Å². The quantitative estimate of drug-likeness (QED) is 0.528. The molecule has 0 saturated carbocycles. The number of amides is 2. The molecule has 0 saturated heterocycles. The molecule has 7 nitrogen and oxygen atoms in total. The smallest absolute Gasteiger partial charge is 0.291 e. The van der Waals surface area contributed by atoms with Crippen molar-refractivity contribution in [3.05, 3.63) is 84.1 Å². The minimum atomic E-state index is -0.407. The van der Waals surface area contributed by atoms with Gasteiger partial charge in [-0.05, 0) is 43.3 Å². The molecule has 4 aromatic rings. The molecule has 0 bridgehead atoms. The zero-order chi connectivity index (χ0) is 20.2. The van der Waals surface area contributed by atoms with E-state index >= 15 is 0 Å². The summed E-state index contributed by atoms with van der Waals surface area (Å²) in [7, 11) is 0. The molecule has 0 fully saturated rings. The van der Waals surface area contributed by atoms with Crippen LogP contribution in [0.3, 0.4) is 0 Å². The number of imidazole rings is 1. The number of benzene rings is 2. The van der Waals surface area contributed by atoms with E-state index in [4.69, 9.17) is 4.42 Å². The maximum atomic E-state index is 12.7. The Morgan fingerprint density at radius 2 is 1.79 bits per heavy atom. The van der Waals surface area contributed by atoms with Crippen molar-refractivity contribution < 1.29 is 14.0 Å². The van der Waals surface area contributed by atoms with Crippen LogP contribution < -0.4 is 10.6 Å². The number of rotatable bonds is 6. The van der Waals surface area contributed by atoms with Crippen molar-refractivity contribution in [2.75, 3.05) is 11.9 Å². The monoisotopic (exact) mass is 388 g/mol. The van der Waals surface area contributed by atoms with Gasteiger partial charge in [-0.3, -0.25) is 9.59 Å². The van der Waals surface area contributed by atoms with Gasteiger partial charge < -0.3 is 19.6 Å². The fourth-order valence-electron chi connectivity index (χ4n) is 3.24. The summed E-state index contributed by atoms with van der Waals surface area (Å²) >= 11 is 0. The first-order valence-corrected chi connectivity index (χ1v) is 9.27. The molecule has 0 radical (unpaired) electrons. The van der Waals surface area contributed by atoms with Crippen LogP contribution in [0.1, 0.15) is 26.7 Å². The van der Waals surface area contributed by atoms with Crippen molar-refractivity contribution in [2.45, 2.75) is 13.5 Å². The van der Waals surface area contributed by atoms with E-state index in [0.717, 1.165) is 16.9 Å². The van der Waals surface area contributed by atoms with Gasteiger partial charge in [0, 0.05) is 13.1 Å². The summed E-state index contributed by atoms with van der Waals surface area (Å²) in [6.07, 6.45) is 1.43. The number of nitrogens with zero attached hydrogens (tertiary/aromatic N) is 2. The van der Waals surface area contributed by atoms with Crippen LogP contribution in [-0.4, -0.2) is 27.9 Å². The van der Waals surface area contributed by atoms with Crippen molar-refractivity contribution in [1.29, 1.82) is 0 Å². The van der Waals surface area contributed by atoms with Crippen LogP contribution in [0.2, 0.25) is 0 Å². The second kappa shape index (κ2) is 8.02. The van der Waals surface area contributed by atoms with Gasteiger partial charge >= 0.3 is 0 Å². The lowest BCUT2D eigenvalue weighted by molar-refractivity contribution is 0.0953. The van der Waals surface area contributed by atoms with Crippen LogP contribution >= 0.6 is 0 Å². The molecular weight excluding hydrogens is 368 g/mol. The molecule has 2 amide bonds. The summed E-state index contributed by atoms with van der Waals surface area (Å²) in [4.78, 5) is 29.5. The minimum absolute atomic E-state index is 0.183. The van der Waals surface area contributed by atoms with E-state index in [1.807, 2.05) is 31.2 Å². The summed E-state index contributed by atoms with van der Waals surface area (Å²) in [5.74, 6) is 0.410. The minimum Gasteiger partial charge on any atom is -0.459 e. The van der Waals surface area contributed by atoms with Gasteiger partial charge in [0.2, 0.25) is 0 Å². The van der Waals surface area contributed by atoms with Crippen molar-refractivity contribution in [2.24, 2.45) is 0 Å². The number of aromatic nitrogens is 2. The van der Waals surface area contributed by atoms with Crippen LogP contribution in [0, 0.1) is 6.92 Å². The van der Waals surface area contributed by atoms with E-state index in [1.165, 1.54) is 6.26 Å². The maximum absolute atomic E-state index is 12.7. The summed E-state index contributed by atoms with van der Waals surface area (Å²) in [5, 5.41) is 5.64. The lowest BCUT2D eigenvalue weighted by Gasteiger charge is -2.12. The van der Waals surface area contributed by atoms with E-state index in [9.17, 15) is 9.59 Å². The van der Waals surface area contributed by atoms with Crippen LogP contribution in [0.5, 0.6) is 0 Å². The van der Waals surface area contributed by atoms with E-state index in [-0.39, 0.29) is 11.7 Å². The Hall–Kier alpha value is -3.87. The summed E-state index contributed by atoms with van der Waals surface area (Å²) in [5.41, 5.74) is 2.78. The highest BCUT2D eigenvalue weighted by Gasteiger charge is 2.15. The molecule has 0 atom stereocenters. The SMILES string of the molecule is Cc1nc2ccccc2n1CCNC(=O)c1ccccc1NC(=O)c1ccco1. The number of aryl methyl sites for hydroxylation is 1. The first kappa shape index (κ1) is 18.5.